The maximum Gasteiger partial charge on any atom is 0.251 e. The Morgan fingerprint density at radius 3 is 2.52 bits per heavy atom. The summed E-state index contributed by atoms with van der Waals surface area (Å²) < 4.78 is 10.5. The molecule has 2 N–H and O–H groups in total. The minimum absolute atomic E-state index is 0.0941. The zero-order valence-electron chi connectivity index (χ0n) is 15.5. The fourth-order valence-electron chi connectivity index (χ4n) is 2.78. The van der Waals surface area contributed by atoms with Crippen LogP contribution in [0.5, 0.6) is 11.5 Å². The van der Waals surface area contributed by atoms with Gasteiger partial charge in [-0.2, -0.15) is 0 Å². The number of hydrogen-bond donors (Lipinski definition) is 2. The first-order chi connectivity index (χ1) is 13.0. The first kappa shape index (κ1) is 18.7. The van der Waals surface area contributed by atoms with E-state index in [1.807, 2.05) is 38.4 Å². The van der Waals surface area contributed by atoms with E-state index < -0.39 is 0 Å². The number of nitrogens with zero attached hydrogens (tertiary/aromatic N) is 1. The van der Waals surface area contributed by atoms with Crippen molar-refractivity contribution in [3.63, 3.8) is 0 Å². The van der Waals surface area contributed by atoms with E-state index in [1.54, 1.807) is 18.2 Å². The Morgan fingerprint density at radius 2 is 1.74 bits per heavy atom. The van der Waals surface area contributed by atoms with Gasteiger partial charge in [-0.05, 0) is 43.4 Å². The smallest absolute Gasteiger partial charge is 0.251 e. The van der Waals surface area contributed by atoms with Crippen LogP contribution in [-0.2, 0) is 17.9 Å². The summed E-state index contributed by atoms with van der Waals surface area (Å²) in [5.41, 5.74) is 2.64. The van der Waals surface area contributed by atoms with Crippen LogP contribution in [0.25, 0.3) is 0 Å². The number of carbonyl (C=O) groups excluding carboxylic acids is 2. The number of benzene rings is 2. The minimum atomic E-state index is -0.337. The summed E-state index contributed by atoms with van der Waals surface area (Å²) in [6, 6.07) is 12.9. The molecule has 0 aliphatic carbocycles. The molecule has 0 saturated heterocycles. The third-order valence-electron chi connectivity index (χ3n) is 4.13. The summed E-state index contributed by atoms with van der Waals surface area (Å²) in [4.78, 5) is 26.4. The van der Waals surface area contributed by atoms with Gasteiger partial charge in [0, 0.05) is 18.7 Å². The number of amides is 2. The average Bonchev–Trinajstić information content (AvgIpc) is 3.12. The van der Waals surface area contributed by atoms with Gasteiger partial charge in [0.05, 0.1) is 6.54 Å². The molecule has 2 aromatic carbocycles. The van der Waals surface area contributed by atoms with Gasteiger partial charge in [-0.25, -0.2) is 0 Å². The zero-order valence-corrected chi connectivity index (χ0v) is 15.5. The molecule has 3 rings (SSSR count). The van der Waals surface area contributed by atoms with Crippen molar-refractivity contribution in [1.29, 1.82) is 0 Å². The summed E-state index contributed by atoms with van der Waals surface area (Å²) in [7, 11) is 4.00. The van der Waals surface area contributed by atoms with Crippen molar-refractivity contribution in [2.75, 3.05) is 27.4 Å². The first-order valence-corrected chi connectivity index (χ1v) is 8.69. The maximum atomic E-state index is 12.2. The Hall–Kier alpha value is -3.06. The zero-order chi connectivity index (χ0) is 19.2. The topological polar surface area (TPSA) is 79.9 Å². The lowest BCUT2D eigenvalue weighted by molar-refractivity contribution is -0.120. The van der Waals surface area contributed by atoms with Crippen LogP contribution >= 0.6 is 0 Å². The quantitative estimate of drug-likeness (QED) is 0.774. The molecule has 7 heteroatoms. The van der Waals surface area contributed by atoms with E-state index >= 15 is 0 Å². The van der Waals surface area contributed by atoms with Gasteiger partial charge in [0.2, 0.25) is 12.7 Å². The van der Waals surface area contributed by atoms with Crippen LogP contribution in [0.4, 0.5) is 0 Å². The monoisotopic (exact) mass is 369 g/mol. The van der Waals surface area contributed by atoms with E-state index in [9.17, 15) is 9.59 Å². The van der Waals surface area contributed by atoms with E-state index in [2.05, 4.69) is 15.5 Å². The predicted molar refractivity (Wildman–Crippen MR) is 101 cm³/mol. The highest BCUT2D eigenvalue weighted by molar-refractivity contribution is 5.97. The van der Waals surface area contributed by atoms with E-state index in [4.69, 9.17) is 9.47 Å². The normalized spacial score (nSPS) is 12.1. The number of ether oxygens (including phenoxy) is 2. The molecule has 0 bridgehead atoms. The maximum absolute atomic E-state index is 12.2. The molecule has 1 aliphatic heterocycles. The number of carbonyl (C=O) groups is 2. The van der Waals surface area contributed by atoms with E-state index in [1.165, 1.54) is 0 Å². The summed E-state index contributed by atoms with van der Waals surface area (Å²) in [6.45, 7) is 1.27. The molecule has 0 spiro atoms. The standard InChI is InChI=1S/C20H23N3O4/c1-23(2)12-16-6-4-3-5-15(16)10-21-19(24)11-22-20(25)14-7-8-17-18(9-14)27-13-26-17/h3-9H,10-13H2,1-2H3,(H,21,24)(H,22,25). The second-order valence-corrected chi connectivity index (χ2v) is 6.53. The van der Waals surface area contributed by atoms with Gasteiger partial charge in [0.25, 0.3) is 5.91 Å². The summed E-state index contributed by atoms with van der Waals surface area (Å²) in [5.74, 6) is 0.561. The van der Waals surface area contributed by atoms with Crippen molar-refractivity contribution in [3.8, 4) is 11.5 Å². The highest BCUT2D eigenvalue weighted by Crippen LogP contribution is 2.32. The highest BCUT2D eigenvalue weighted by atomic mass is 16.7. The highest BCUT2D eigenvalue weighted by Gasteiger charge is 2.16. The molecule has 0 saturated carbocycles. The second kappa shape index (κ2) is 8.55. The number of nitrogens with one attached hydrogen (secondary N) is 2. The molecule has 27 heavy (non-hydrogen) atoms. The van der Waals surface area contributed by atoms with Gasteiger partial charge in [-0.3, -0.25) is 9.59 Å². The van der Waals surface area contributed by atoms with Crippen LogP contribution in [0.15, 0.2) is 42.5 Å². The largest absolute Gasteiger partial charge is 0.454 e. The number of rotatable bonds is 7. The molecule has 0 unspecified atom stereocenters. The van der Waals surface area contributed by atoms with Crippen LogP contribution in [0.3, 0.4) is 0 Å². The summed E-state index contributed by atoms with van der Waals surface area (Å²) >= 11 is 0. The van der Waals surface area contributed by atoms with Gasteiger partial charge in [0.15, 0.2) is 11.5 Å². The van der Waals surface area contributed by atoms with E-state index in [0.29, 0.717) is 23.6 Å². The molecule has 0 fully saturated rings. The Labute approximate surface area is 158 Å². The molecule has 1 aliphatic rings. The van der Waals surface area contributed by atoms with Gasteiger partial charge >= 0.3 is 0 Å². The van der Waals surface area contributed by atoms with Crippen LogP contribution < -0.4 is 20.1 Å². The molecular weight excluding hydrogens is 346 g/mol. The average molecular weight is 369 g/mol. The molecule has 1 heterocycles. The van der Waals surface area contributed by atoms with Crippen molar-refractivity contribution in [2.24, 2.45) is 0 Å². The lowest BCUT2D eigenvalue weighted by Gasteiger charge is -2.14. The van der Waals surface area contributed by atoms with Crippen LogP contribution in [0.2, 0.25) is 0 Å². The number of fused-ring (bicyclic) bond motifs is 1. The first-order valence-electron chi connectivity index (χ1n) is 8.69. The number of hydrogen-bond acceptors (Lipinski definition) is 5. The van der Waals surface area contributed by atoms with Crippen molar-refractivity contribution in [1.82, 2.24) is 15.5 Å². The molecule has 0 atom stereocenters. The summed E-state index contributed by atoms with van der Waals surface area (Å²) in [6.07, 6.45) is 0. The van der Waals surface area contributed by atoms with E-state index in [0.717, 1.165) is 17.7 Å². The second-order valence-electron chi connectivity index (χ2n) is 6.53. The Kier molecular flexibility index (Phi) is 5.93. The third-order valence-corrected chi connectivity index (χ3v) is 4.13. The van der Waals surface area contributed by atoms with Gasteiger partial charge in [-0.1, -0.05) is 24.3 Å². The fraction of sp³-hybridized carbons (Fsp3) is 0.300. The lowest BCUT2D eigenvalue weighted by atomic mass is 10.1. The molecule has 0 aromatic heterocycles. The van der Waals surface area contributed by atoms with E-state index in [-0.39, 0.29) is 25.2 Å². The molecule has 0 radical (unpaired) electrons. The van der Waals surface area contributed by atoms with Crippen LogP contribution in [-0.4, -0.2) is 44.1 Å². The van der Waals surface area contributed by atoms with Crippen molar-refractivity contribution < 1.29 is 19.1 Å². The Morgan fingerprint density at radius 1 is 1.00 bits per heavy atom. The predicted octanol–water partition coefficient (Wildman–Crippen LogP) is 1.52. The van der Waals surface area contributed by atoms with Gasteiger partial charge in [-0.15, -0.1) is 0 Å². The lowest BCUT2D eigenvalue weighted by Crippen LogP contribution is -2.36. The van der Waals surface area contributed by atoms with Crippen LogP contribution in [0, 0.1) is 0 Å². The fourth-order valence-corrected chi connectivity index (χ4v) is 2.78. The Balaban J connectivity index is 1.49. The summed E-state index contributed by atoms with van der Waals surface area (Å²) in [5, 5.41) is 5.46. The van der Waals surface area contributed by atoms with Crippen molar-refractivity contribution in [2.45, 2.75) is 13.1 Å². The van der Waals surface area contributed by atoms with Gasteiger partial charge in [0.1, 0.15) is 0 Å². The van der Waals surface area contributed by atoms with Crippen molar-refractivity contribution >= 4 is 11.8 Å². The molecule has 2 amide bonds. The van der Waals surface area contributed by atoms with Crippen molar-refractivity contribution in [3.05, 3.63) is 59.2 Å². The molecular formula is C20H23N3O4. The molecule has 2 aromatic rings. The molecule has 142 valence electrons. The minimum Gasteiger partial charge on any atom is -0.454 e. The van der Waals surface area contributed by atoms with Crippen LogP contribution in [0.1, 0.15) is 21.5 Å². The Bertz CT molecular complexity index is 836. The van der Waals surface area contributed by atoms with Gasteiger partial charge < -0.3 is 25.0 Å². The third kappa shape index (κ3) is 4.98. The molecule has 7 nitrogen and oxygen atoms in total. The SMILES string of the molecule is CN(C)Cc1ccccc1CNC(=O)CNC(=O)c1ccc2c(c1)OCO2.